The Bertz CT molecular complexity index is 1520. The molecule has 0 radical (unpaired) electrons. The van der Waals surface area contributed by atoms with E-state index in [1.807, 2.05) is 23.1 Å². The van der Waals surface area contributed by atoms with Crippen LogP contribution in [-0.2, 0) is 9.84 Å². The first-order valence-corrected chi connectivity index (χ1v) is 13.3. The largest absolute Gasteiger partial charge is 0.384 e. The van der Waals surface area contributed by atoms with Crippen LogP contribution in [0.2, 0.25) is 0 Å². The molecule has 2 aliphatic rings. The Morgan fingerprint density at radius 3 is 2.60 bits per heavy atom. The standard InChI is InChI=1S/C23H24N8O3S/c1-35(33,34)19-18(28-22-17(6-8-30(22)20(19)24)13-3-2-7-25-11-13)14-9-15-4-5-16(10-14)31(15)23(32)21-26-12-27-29-21/h2-3,6-8,11-12,14-16H,4-5,9-10,24H2,1H3,(H,26,27,29)/t14-,15-,16+. The van der Waals surface area contributed by atoms with E-state index in [9.17, 15) is 13.2 Å². The van der Waals surface area contributed by atoms with Crippen molar-refractivity contribution in [2.24, 2.45) is 0 Å². The Labute approximate surface area is 201 Å². The van der Waals surface area contributed by atoms with E-state index < -0.39 is 9.84 Å². The lowest BCUT2D eigenvalue weighted by atomic mass is 9.87. The van der Waals surface area contributed by atoms with Gasteiger partial charge in [-0.1, -0.05) is 6.07 Å². The minimum absolute atomic E-state index is 0.0346. The maximum Gasteiger partial charge on any atom is 0.292 e. The number of nitrogens with zero attached hydrogens (tertiary/aromatic N) is 6. The number of nitrogens with one attached hydrogen (secondary N) is 1. The molecule has 0 aliphatic carbocycles. The molecular formula is C23H24N8O3S. The number of amides is 1. The van der Waals surface area contributed by atoms with Crippen molar-refractivity contribution in [3.63, 3.8) is 0 Å². The SMILES string of the molecule is CS(=O)(=O)c1c([C@@H]2C[C@H]3CC[C@@H](C2)N3C(=O)c2nnc[nH]2)nc2c(-c3cccnc3)ccn2c1N. The second-order valence-electron chi connectivity index (χ2n) is 9.25. The van der Waals surface area contributed by atoms with Crippen LogP contribution in [0.1, 0.15) is 47.9 Å². The number of hydrogen-bond donors (Lipinski definition) is 2. The molecule has 0 spiro atoms. The van der Waals surface area contributed by atoms with Crippen LogP contribution in [0.4, 0.5) is 5.82 Å². The number of pyridine rings is 1. The van der Waals surface area contributed by atoms with E-state index in [0.717, 1.165) is 24.0 Å². The monoisotopic (exact) mass is 492 g/mol. The number of aromatic nitrogens is 6. The Morgan fingerprint density at radius 2 is 1.97 bits per heavy atom. The number of nitrogen functional groups attached to an aromatic ring is 1. The molecule has 0 aromatic carbocycles. The second-order valence-corrected chi connectivity index (χ2v) is 11.2. The third-order valence-corrected chi connectivity index (χ3v) is 8.29. The smallest absolute Gasteiger partial charge is 0.292 e. The van der Waals surface area contributed by atoms with Crippen molar-refractivity contribution in [2.45, 2.75) is 48.6 Å². The number of hydrogen-bond acceptors (Lipinski definition) is 8. The average molecular weight is 493 g/mol. The van der Waals surface area contributed by atoms with Gasteiger partial charge in [-0.15, -0.1) is 10.2 Å². The molecule has 6 heterocycles. The third-order valence-electron chi connectivity index (χ3n) is 7.13. The predicted molar refractivity (Wildman–Crippen MR) is 127 cm³/mol. The van der Waals surface area contributed by atoms with Gasteiger partial charge < -0.3 is 15.6 Å². The summed E-state index contributed by atoms with van der Waals surface area (Å²) in [6.07, 6.45) is 10.6. The summed E-state index contributed by atoms with van der Waals surface area (Å²) < 4.78 is 27.5. The lowest BCUT2D eigenvalue weighted by molar-refractivity contribution is 0.0556. The number of nitrogens with two attached hydrogens (primary N) is 1. The quantitative estimate of drug-likeness (QED) is 0.439. The molecule has 3 atom stereocenters. The Kier molecular flexibility index (Phi) is 4.88. The van der Waals surface area contributed by atoms with Gasteiger partial charge in [-0.2, -0.15) is 0 Å². The number of carbonyl (C=O) groups excluding carboxylic acids is 1. The minimum Gasteiger partial charge on any atom is -0.384 e. The molecule has 0 saturated carbocycles. The van der Waals surface area contributed by atoms with E-state index in [-0.39, 0.29) is 40.4 Å². The zero-order valence-corrected chi connectivity index (χ0v) is 19.8. The zero-order chi connectivity index (χ0) is 24.3. The van der Waals surface area contributed by atoms with Crippen molar-refractivity contribution in [1.82, 2.24) is 34.4 Å². The van der Waals surface area contributed by atoms with Gasteiger partial charge in [0, 0.05) is 54.0 Å². The number of fused-ring (bicyclic) bond motifs is 3. The van der Waals surface area contributed by atoms with Crippen molar-refractivity contribution in [3.8, 4) is 11.1 Å². The summed E-state index contributed by atoms with van der Waals surface area (Å²) in [6.45, 7) is 0. The molecule has 4 aromatic heterocycles. The highest BCUT2D eigenvalue weighted by molar-refractivity contribution is 7.91. The molecular weight excluding hydrogens is 468 g/mol. The van der Waals surface area contributed by atoms with Crippen LogP contribution in [0.15, 0.2) is 48.0 Å². The van der Waals surface area contributed by atoms with Crippen LogP contribution in [0.3, 0.4) is 0 Å². The number of rotatable bonds is 4. The molecule has 180 valence electrons. The molecule has 2 bridgehead atoms. The summed E-state index contributed by atoms with van der Waals surface area (Å²) in [6, 6.07) is 5.57. The fourth-order valence-electron chi connectivity index (χ4n) is 5.71. The average Bonchev–Trinajstić information content (AvgIpc) is 3.57. The highest BCUT2D eigenvalue weighted by Crippen LogP contribution is 2.45. The van der Waals surface area contributed by atoms with Crippen LogP contribution in [-0.4, -0.2) is 67.1 Å². The molecule has 4 aromatic rings. The van der Waals surface area contributed by atoms with Crippen LogP contribution in [0.5, 0.6) is 0 Å². The van der Waals surface area contributed by atoms with E-state index in [1.54, 1.807) is 23.0 Å². The van der Waals surface area contributed by atoms with Gasteiger partial charge in [0.2, 0.25) is 5.82 Å². The molecule has 12 heteroatoms. The van der Waals surface area contributed by atoms with Crippen LogP contribution < -0.4 is 5.73 Å². The summed E-state index contributed by atoms with van der Waals surface area (Å²) >= 11 is 0. The number of aromatic amines is 1. The number of sulfone groups is 1. The summed E-state index contributed by atoms with van der Waals surface area (Å²) in [5.74, 6) is 0.0375. The molecule has 11 nitrogen and oxygen atoms in total. The number of piperidine rings is 1. The first-order valence-electron chi connectivity index (χ1n) is 11.4. The van der Waals surface area contributed by atoms with Gasteiger partial charge in [-0.3, -0.25) is 14.2 Å². The summed E-state index contributed by atoms with van der Waals surface area (Å²) in [7, 11) is -3.66. The lowest BCUT2D eigenvalue weighted by Gasteiger charge is -2.38. The molecule has 2 aliphatic heterocycles. The fraction of sp³-hybridized carbons (Fsp3) is 0.348. The molecule has 1 amide bonds. The molecule has 3 N–H and O–H groups in total. The maximum atomic E-state index is 13.0. The topological polar surface area (TPSA) is 152 Å². The minimum atomic E-state index is -3.66. The second kappa shape index (κ2) is 7.87. The number of carbonyl (C=O) groups is 1. The van der Waals surface area contributed by atoms with Crippen LogP contribution >= 0.6 is 0 Å². The highest BCUT2D eigenvalue weighted by atomic mass is 32.2. The van der Waals surface area contributed by atoms with Crippen LogP contribution in [0.25, 0.3) is 16.8 Å². The molecule has 2 fully saturated rings. The normalized spacial score (nSPS) is 22.1. The van der Waals surface area contributed by atoms with Gasteiger partial charge in [0.15, 0.2) is 9.84 Å². The van der Waals surface area contributed by atoms with E-state index >= 15 is 0 Å². The molecule has 6 rings (SSSR count). The van der Waals surface area contributed by atoms with E-state index in [2.05, 4.69) is 20.2 Å². The summed E-state index contributed by atoms with van der Waals surface area (Å²) in [5, 5.41) is 7.60. The van der Waals surface area contributed by atoms with Crippen molar-refractivity contribution in [3.05, 3.63) is 54.6 Å². The van der Waals surface area contributed by atoms with E-state index in [0.29, 0.717) is 24.2 Å². The molecule has 35 heavy (non-hydrogen) atoms. The highest BCUT2D eigenvalue weighted by Gasteiger charge is 2.46. The van der Waals surface area contributed by atoms with Gasteiger partial charge in [0.1, 0.15) is 22.7 Å². The zero-order valence-electron chi connectivity index (χ0n) is 19.0. The van der Waals surface area contributed by atoms with Crippen LogP contribution in [0, 0.1) is 0 Å². The van der Waals surface area contributed by atoms with Gasteiger partial charge >= 0.3 is 0 Å². The van der Waals surface area contributed by atoms with E-state index in [1.165, 1.54) is 12.6 Å². The Balaban J connectivity index is 1.45. The van der Waals surface area contributed by atoms with Crippen molar-refractivity contribution >= 4 is 27.2 Å². The fourth-order valence-corrected chi connectivity index (χ4v) is 6.78. The summed E-state index contributed by atoms with van der Waals surface area (Å²) in [4.78, 5) is 26.9. The van der Waals surface area contributed by atoms with Gasteiger partial charge in [-0.05, 0) is 37.8 Å². The van der Waals surface area contributed by atoms with E-state index in [4.69, 9.17) is 10.7 Å². The lowest BCUT2D eigenvalue weighted by Crippen LogP contribution is -2.46. The number of H-pyrrole nitrogens is 1. The van der Waals surface area contributed by atoms with Gasteiger partial charge in [0.25, 0.3) is 5.91 Å². The van der Waals surface area contributed by atoms with Crippen molar-refractivity contribution in [1.29, 1.82) is 0 Å². The summed E-state index contributed by atoms with van der Waals surface area (Å²) in [5.41, 5.74) is 9.23. The van der Waals surface area contributed by atoms with Crippen molar-refractivity contribution in [2.75, 3.05) is 12.0 Å². The first kappa shape index (κ1) is 21.7. The predicted octanol–water partition coefficient (Wildman–Crippen LogP) is 2.05. The Morgan fingerprint density at radius 1 is 1.20 bits per heavy atom. The van der Waals surface area contributed by atoms with Crippen molar-refractivity contribution < 1.29 is 13.2 Å². The maximum absolute atomic E-state index is 13.0. The molecule has 0 unspecified atom stereocenters. The Hall–Kier alpha value is -3.80. The first-order chi connectivity index (χ1) is 16.8. The van der Waals surface area contributed by atoms with Gasteiger partial charge in [-0.25, -0.2) is 13.4 Å². The molecule has 2 saturated heterocycles. The van der Waals surface area contributed by atoms with Gasteiger partial charge in [0.05, 0.1) is 5.69 Å². The number of anilines is 1. The third kappa shape index (κ3) is 3.47.